The summed E-state index contributed by atoms with van der Waals surface area (Å²) >= 11 is 0. The third-order valence-electron chi connectivity index (χ3n) is 6.94. The topological polar surface area (TPSA) is 26.3 Å². The van der Waals surface area contributed by atoms with Gasteiger partial charge in [0.05, 0.1) is 14.7 Å². The van der Waals surface area contributed by atoms with Crippen LogP contribution in [0.1, 0.15) is 40.0 Å². The first-order valence-corrected chi connectivity index (χ1v) is 11.1. The van der Waals surface area contributed by atoms with Gasteiger partial charge in [-0.2, -0.15) is 0 Å². The first-order chi connectivity index (χ1) is 9.15. The van der Waals surface area contributed by atoms with Gasteiger partial charge in [0.25, 0.3) is 0 Å². The number of fused-ring (bicyclic) bond motifs is 2. The van der Waals surface area contributed by atoms with Crippen LogP contribution in [0.25, 0.3) is 0 Å². The molecule has 3 rings (SSSR count). The van der Waals surface area contributed by atoms with Crippen molar-refractivity contribution in [3.8, 4) is 0 Å². The lowest BCUT2D eigenvalue weighted by Gasteiger charge is -2.68. The average molecular weight is 295 g/mol. The summed E-state index contributed by atoms with van der Waals surface area (Å²) in [5.41, 5.74) is 0.523. The molecule has 3 atom stereocenters. The number of hydrogen-bond donors (Lipinski definition) is 0. The second-order valence-corrected chi connectivity index (χ2v) is 13.7. The largest absolute Gasteiger partial charge is 0.463 e. The van der Waals surface area contributed by atoms with Crippen molar-refractivity contribution >= 4 is 14.0 Å². The number of carbonyl (C=O) groups excluding carboxylic acids is 1. The molecule has 3 heteroatoms. The number of hydrogen-bond acceptors (Lipinski definition) is 2. The molecule has 3 fully saturated rings. The Bertz CT molecular complexity index is 411. The Morgan fingerprint density at radius 1 is 1.40 bits per heavy atom. The van der Waals surface area contributed by atoms with Gasteiger partial charge in [-0.3, -0.25) is 0 Å². The van der Waals surface area contributed by atoms with E-state index in [1.54, 1.807) is 0 Å². The van der Waals surface area contributed by atoms with E-state index in [1.165, 1.54) is 25.3 Å². The van der Waals surface area contributed by atoms with E-state index in [4.69, 9.17) is 4.74 Å². The molecule has 3 unspecified atom stereocenters. The van der Waals surface area contributed by atoms with Gasteiger partial charge in [-0.1, -0.05) is 40.4 Å². The molecule has 0 saturated heterocycles. The fourth-order valence-electron chi connectivity index (χ4n) is 4.80. The van der Waals surface area contributed by atoms with Crippen LogP contribution in [0, 0.1) is 17.3 Å². The lowest BCUT2D eigenvalue weighted by molar-refractivity contribution is -0.137. The normalized spacial score (nSPS) is 35.0. The van der Waals surface area contributed by atoms with E-state index in [1.807, 2.05) is 0 Å². The third kappa shape index (κ3) is 2.28. The van der Waals surface area contributed by atoms with Gasteiger partial charge in [0.2, 0.25) is 0 Å². The van der Waals surface area contributed by atoms with Crippen molar-refractivity contribution in [1.29, 1.82) is 0 Å². The van der Waals surface area contributed by atoms with Crippen molar-refractivity contribution in [2.75, 3.05) is 6.61 Å². The smallest absolute Gasteiger partial charge is 0.330 e. The van der Waals surface area contributed by atoms with Crippen LogP contribution >= 0.6 is 0 Å². The molecular weight excluding hydrogens is 264 g/mol. The molecule has 20 heavy (non-hydrogen) atoms. The number of ether oxygens (including phenoxy) is 1. The second kappa shape index (κ2) is 5.01. The summed E-state index contributed by atoms with van der Waals surface area (Å²) in [6.07, 6.45) is 5.45. The van der Waals surface area contributed by atoms with Crippen LogP contribution in [0.2, 0.25) is 24.2 Å². The molecule has 114 valence electrons. The fraction of sp³-hybridized carbons (Fsp3) is 0.824. The summed E-state index contributed by atoms with van der Waals surface area (Å²) < 4.78 is 5.24. The molecule has 0 radical (unpaired) electrons. The molecule has 0 amide bonds. The van der Waals surface area contributed by atoms with Crippen LogP contribution in [0.4, 0.5) is 0 Å². The highest BCUT2D eigenvalue weighted by molar-refractivity contribution is 6.80. The van der Waals surface area contributed by atoms with Gasteiger partial charge in [0.1, 0.15) is 0 Å². The Hall–Kier alpha value is -0.573. The van der Waals surface area contributed by atoms with Gasteiger partial charge in [-0.05, 0) is 47.6 Å². The zero-order valence-corrected chi connectivity index (χ0v) is 14.8. The van der Waals surface area contributed by atoms with Crippen LogP contribution in [0.15, 0.2) is 12.7 Å². The maximum absolute atomic E-state index is 11.2. The quantitative estimate of drug-likeness (QED) is 0.419. The summed E-state index contributed by atoms with van der Waals surface area (Å²) in [7, 11) is -1.43. The van der Waals surface area contributed by atoms with Gasteiger partial charge in [0, 0.05) is 6.08 Å². The maximum atomic E-state index is 11.2. The monoisotopic (exact) mass is 294 g/mol. The van der Waals surface area contributed by atoms with E-state index >= 15 is 0 Å². The minimum atomic E-state index is -1.43. The molecule has 0 heterocycles. The standard InChI is InChI=1S/C17H30O2Si/c1-7-15(18)19-10-11-20(5,6)17(4)9-8-13-12-14(17)16(13,2)3/h7,13-14H,1,8-12H2,2-6H3. The van der Waals surface area contributed by atoms with Crippen molar-refractivity contribution in [3.63, 3.8) is 0 Å². The van der Waals surface area contributed by atoms with Crippen LogP contribution in [0.3, 0.4) is 0 Å². The van der Waals surface area contributed by atoms with E-state index < -0.39 is 8.07 Å². The molecule has 2 nitrogen and oxygen atoms in total. The third-order valence-corrected chi connectivity index (χ3v) is 12.1. The highest BCUT2D eigenvalue weighted by atomic mass is 28.3. The van der Waals surface area contributed by atoms with Crippen molar-refractivity contribution in [2.45, 2.75) is 64.2 Å². The summed E-state index contributed by atoms with van der Waals surface area (Å²) in [5, 5.41) is 0.492. The van der Waals surface area contributed by atoms with Crippen LogP contribution in [0.5, 0.6) is 0 Å². The summed E-state index contributed by atoms with van der Waals surface area (Å²) in [5.74, 6) is 1.53. The highest BCUT2D eigenvalue weighted by Crippen LogP contribution is 2.72. The number of esters is 1. The lowest BCUT2D eigenvalue weighted by atomic mass is 9.45. The van der Waals surface area contributed by atoms with Gasteiger partial charge < -0.3 is 4.74 Å². The first-order valence-electron chi connectivity index (χ1n) is 7.94. The molecule has 0 aliphatic heterocycles. The predicted molar refractivity (Wildman–Crippen MR) is 86.4 cm³/mol. The summed E-state index contributed by atoms with van der Waals surface area (Å²) in [6.45, 7) is 16.4. The summed E-state index contributed by atoms with van der Waals surface area (Å²) in [6, 6.07) is 1.07. The van der Waals surface area contributed by atoms with Crippen LogP contribution in [-0.2, 0) is 9.53 Å². The van der Waals surface area contributed by atoms with Gasteiger partial charge >= 0.3 is 5.97 Å². The molecule has 0 aromatic carbocycles. The SMILES string of the molecule is C=CC(=O)OCC[Si](C)(C)C1(C)CCC2CC1C2(C)C. The van der Waals surface area contributed by atoms with E-state index in [2.05, 4.69) is 40.4 Å². The van der Waals surface area contributed by atoms with Crippen molar-refractivity contribution in [3.05, 3.63) is 12.7 Å². The highest BCUT2D eigenvalue weighted by Gasteiger charge is 2.63. The van der Waals surface area contributed by atoms with Crippen LogP contribution < -0.4 is 0 Å². The minimum absolute atomic E-state index is 0.285. The van der Waals surface area contributed by atoms with E-state index in [-0.39, 0.29) is 5.97 Å². The predicted octanol–water partition coefficient (Wildman–Crippen LogP) is 4.64. The zero-order chi connectivity index (χ0) is 15.2. The Morgan fingerprint density at radius 2 is 2.05 bits per heavy atom. The van der Waals surface area contributed by atoms with Crippen LogP contribution in [-0.4, -0.2) is 20.7 Å². The van der Waals surface area contributed by atoms with E-state index in [9.17, 15) is 4.79 Å². The molecular formula is C17H30O2Si. The molecule has 0 aromatic rings. The lowest BCUT2D eigenvalue weighted by Crippen LogP contribution is -2.61. The first kappa shape index (κ1) is 15.8. The Balaban J connectivity index is 2.04. The van der Waals surface area contributed by atoms with E-state index in [0.29, 0.717) is 17.1 Å². The Labute approximate surface area is 125 Å². The van der Waals surface area contributed by atoms with Crippen molar-refractivity contribution in [2.24, 2.45) is 17.3 Å². The molecule has 2 bridgehead atoms. The zero-order valence-electron chi connectivity index (χ0n) is 13.8. The maximum Gasteiger partial charge on any atom is 0.330 e. The second-order valence-electron chi connectivity index (χ2n) is 8.27. The Kier molecular flexibility index (Phi) is 3.96. The average Bonchev–Trinajstić information content (AvgIpc) is 2.37. The molecule has 0 spiro atoms. The van der Waals surface area contributed by atoms with E-state index in [0.717, 1.165) is 17.9 Å². The number of rotatable bonds is 5. The van der Waals surface area contributed by atoms with Gasteiger partial charge in [-0.15, -0.1) is 0 Å². The van der Waals surface area contributed by atoms with Crippen molar-refractivity contribution < 1.29 is 9.53 Å². The fourth-order valence-corrected chi connectivity index (χ4v) is 8.23. The molecule has 3 saturated carbocycles. The Morgan fingerprint density at radius 3 is 2.55 bits per heavy atom. The molecule has 3 aliphatic rings. The number of carbonyl (C=O) groups is 1. The molecule has 0 N–H and O–H groups in total. The summed E-state index contributed by atoms with van der Waals surface area (Å²) in [4.78, 5) is 11.2. The molecule has 3 aliphatic carbocycles. The van der Waals surface area contributed by atoms with Gasteiger partial charge in [-0.25, -0.2) is 4.79 Å². The van der Waals surface area contributed by atoms with Gasteiger partial charge in [0.15, 0.2) is 0 Å². The minimum Gasteiger partial charge on any atom is -0.463 e. The van der Waals surface area contributed by atoms with Crippen molar-refractivity contribution in [1.82, 2.24) is 0 Å². The molecule has 0 aromatic heterocycles.